The van der Waals surface area contributed by atoms with Crippen LogP contribution in [0.4, 0.5) is 0 Å². The van der Waals surface area contributed by atoms with E-state index in [9.17, 15) is 5.11 Å². The molecule has 0 bridgehead atoms. The van der Waals surface area contributed by atoms with Crippen LogP contribution in [0.2, 0.25) is 0 Å². The van der Waals surface area contributed by atoms with Crippen LogP contribution in [0, 0.1) is 0 Å². The molecule has 2 aromatic carbocycles. The first-order valence-corrected chi connectivity index (χ1v) is 3.54. The maximum absolute atomic E-state index is 9.37. The van der Waals surface area contributed by atoms with Gasteiger partial charge < -0.3 is 5.11 Å². The molecule has 0 aliphatic carbocycles. The summed E-state index contributed by atoms with van der Waals surface area (Å²) < 4.78 is 0. The van der Waals surface area contributed by atoms with Crippen LogP contribution in [0.3, 0.4) is 0 Å². The molecule has 0 radical (unpaired) electrons. The minimum atomic E-state index is 0. The van der Waals surface area contributed by atoms with Gasteiger partial charge in [0.2, 0.25) is 0 Å². The summed E-state index contributed by atoms with van der Waals surface area (Å²) in [6, 6.07) is 13.3. The largest absolute Gasteiger partial charge is 0.507 e. The molecule has 60 valence electrons. The van der Waals surface area contributed by atoms with Crippen molar-refractivity contribution in [3.8, 4) is 5.75 Å². The average Bonchev–Trinajstić information content (AvgIpc) is 2.06. The second-order valence-electron chi connectivity index (χ2n) is 2.50. The van der Waals surface area contributed by atoms with E-state index in [2.05, 4.69) is 0 Å². The molecule has 0 amide bonds. The summed E-state index contributed by atoms with van der Waals surface area (Å²) in [6.45, 7) is 0. The smallest absolute Gasteiger partial charge is 0.123 e. The molecule has 0 atom stereocenters. The van der Waals surface area contributed by atoms with Crippen molar-refractivity contribution in [2.75, 3.05) is 0 Å². The molecule has 0 aliphatic heterocycles. The van der Waals surface area contributed by atoms with Gasteiger partial charge in [0.1, 0.15) is 5.75 Å². The van der Waals surface area contributed by atoms with Crippen molar-refractivity contribution < 1.29 is 22.5 Å². The Morgan fingerprint density at radius 2 is 1.50 bits per heavy atom. The molecule has 0 unspecified atom stereocenters. The number of rotatable bonds is 0. The zero-order chi connectivity index (χ0) is 7.68. The van der Waals surface area contributed by atoms with Gasteiger partial charge in [-0.05, 0) is 11.5 Å². The summed E-state index contributed by atoms with van der Waals surface area (Å²) in [7, 11) is 0. The predicted octanol–water partition coefficient (Wildman–Crippen LogP) is 2.54. The first-order valence-electron chi connectivity index (χ1n) is 3.54. The molecule has 2 rings (SSSR count). The molecule has 1 N–H and O–H groups in total. The van der Waals surface area contributed by atoms with Gasteiger partial charge in [-0.25, -0.2) is 0 Å². The molecule has 0 spiro atoms. The van der Waals surface area contributed by atoms with Crippen molar-refractivity contribution in [1.82, 2.24) is 0 Å². The van der Waals surface area contributed by atoms with E-state index in [4.69, 9.17) is 0 Å². The Balaban J connectivity index is 0.000000720. The zero-order valence-corrected chi connectivity index (χ0v) is 7.67. The SMILES string of the molecule is Oc1cccc2ccccc12.[Cr]. The fourth-order valence-corrected chi connectivity index (χ4v) is 1.21. The summed E-state index contributed by atoms with van der Waals surface area (Å²) in [5.41, 5.74) is 0. The normalized spacial score (nSPS) is 9.33. The molecule has 0 heterocycles. The van der Waals surface area contributed by atoms with Crippen LogP contribution < -0.4 is 0 Å². The summed E-state index contributed by atoms with van der Waals surface area (Å²) >= 11 is 0. The van der Waals surface area contributed by atoms with Gasteiger partial charge >= 0.3 is 0 Å². The number of phenols is 1. The maximum Gasteiger partial charge on any atom is 0.123 e. The topological polar surface area (TPSA) is 20.2 Å². The van der Waals surface area contributed by atoms with Crippen molar-refractivity contribution in [2.24, 2.45) is 0 Å². The van der Waals surface area contributed by atoms with Crippen LogP contribution in [-0.4, -0.2) is 5.11 Å². The van der Waals surface area contributed by atoms with Crippen LogP contribution >= 0.6 is 0 Å². The summed E-state index contributed by atoms with van der Waals surface area (Å²) in [5.74, 6) is 0.350. The molecule has 1 nitrogen and oxygen atoms in total. The van der Waals surface area contributed by atoms with Crippen LogP contribution in [0.15, 0.2) is 42.5 Å². The van der Waals surface area contributed by atoms with Gasteiger partial charge in [0, 0.05) is 22.7 Å². The Hall–Kier alpha value is -0.968. The van der Waals surface area contributed by atoms with E-state index in [1.165, 1.54) is 0 Å². The Kier molecular flexibility index (Phi) is 2.75. The van der Waals surface area contributed by atoms with Crippen molar-refractivity contribution in [3.05, 3.63) is 42.5 Å². The number of aromatic hydroxyl groups is 1. The van der Waals surface area contributed by atoms with E-state index in [1.54, 1.807) is 6.07 Å². The minimum Gasteiger partial charge on any atom is -0.507 e. The van der Waals surface area contributed by atoms with Gasteiger partial charge in [0.05, 0.1) is 0 Å². The summed E-state index contributed by atoms with van der Waals surface area (Å²) in [5, 5.41) is 11.4. The number of benzene rings is 2. The van der Waals surface area contributed by atoms with E-state index in [0.29, 0.717) is 5.75 Å². The van der Waals surface area contributed by atoms with Crippen molar-refractivity contribution in [2.45, 2.75) is 0 Å². The van der Waals surface area contributed by atoms with E-state index in [-0.39, 0.29) is 17.4 Å². The van der Waals surface area contributed by atoms with Gasteiger partial charge in [-0.3, -0.25) is 0 Å². The van der Waals surface area contributed by atoms with Crippen molar-refractivity contribution in [3.63, 3.8) is 0 Å². The number of fused-ring (bicyclic) bond motifs is 1. The third-order valence-electron chi connectivity index (χ3n) is 1.77. The Labute approximate surface area is 81.8 Å². The first kappa shape index (κ1) is 9.12. The second kappa shape index (κ2) is 3.62. The van der Waals surface area contributed by atoms with Gasteiger partial charge in [0.15, 0.2) is 0 Å². The van der Waals surface area contributed by atoms with E-state index < -0.39 is 0 Å². The van der Waals surface area contributed by atoms with Crippen molar-refractivity contribution in [1.29, 1.82) is 0 Å². The van der Waals surface area contributed by atoms with Crippen LogP contribution in [-0.2, 0) is 17.4 Å². The number of hydrogen-bond acceptors (Lipinski definition) is 1. The minimum absolute atomic E-state index is 0. The van der Waals surface area contributed by atoms with Gasteiger partial charge in [-0.1, -0.05) is 36.4 Å². The first-order chi connectivity index (χ1) is 5.38. The third-order valence-corrected chi connectivity index (χ3v) is 1.77. The molecule has 0 saturated carbocycles. The standard InChI is InChI=1S/C10H8O.Cr/c11-10-7-3-5-8-4-1-2-6-9(8)10;/h1-7,11H;. The monoisotopic (exact) mass is 196 g/mol. The molecule has 0 fully saturated rings. The molecule has 0 saturated heterocycles. The molecule has 2 heteroatoms. The fraction of sp³-hybridized carbons (Fsp3) is 0. The Morgan fingerprint density at radius 1 is 0.833 bits per heavy atom. The quantitative estimate of drug-likeness (QED) is 0.686. The zero-order valence-electron chi connectivity index (χ0n) is 6.40. The predicted molar refractivity (Wildman–Crippen MR) is 45.6 cm³/mol. The fourth-order valence-electron chi connectivity index (χ4n) is 1.21. The Bertz CT molecular complexity index is 379. The molecular weight excluding hydrogens is 188 g/mol. The van der Waals surface area contributed by atoms with E-state index in [0.717, 1.165) is 10.8 Å². The number of hydrogen-bond donors (Lipinski definition) is 1. The van der Waals surface area contributed by atoms with Crippen LogP contribution in [0.5, 0.6) is 5.75 Å². The number of phenolic OH excluding ortho intramolecular Hbond substituents is 1. The van der Waals surface area contributed by atoms with Gasteiger partial charge in [-0.15, -0.1) is 0 Å². The van der Waals surface area contributed by atoms with Crippen LogP contribution in [0.1, 0.15) is 0 Å². The van der Waals surface area contributed by atoms with Crippen LogP contribution in [0.25, 0.3) is 10.8 Å². The third kappa shape index (κ3) is 1.45. The Morgan fingerprint density at radius 3 is 2.25 bits per heavy atom. The molecular formula is C10H8CrO. The molecule has 0 aromatic heterocycles. The molecule has 2 aromatic rings. The molecule has 12 heavy (non-hydrogen) atoms. The van der Waals surface area contributed by atoms with Crippen molar-refractivity contribution >= 4 is 10.8 Å². The molecule has 0 aliphatic rings. The van der Waals surface area contributed by atoms with Gasteiger partial charge in [-0.2, -0.15) is 0 Å². The van der Waals surface area contributed by atoms with E-state index in [1.807, 2.05) is 36.4 Å². The average molecular weight is 196 g/mol. The second-order valence-corrected chi connectivity index (χ2v) is 2.50. The summed E-state index contributed by atoms with van der Waals surface area (Å²) in [6.07, 6.45) is 0. The summed E-state index contributed by atoms with van der Waals surface area (Å²) in [4.78, 5) is 0. The maximum atomic E-state index is 9.37. The van der Waals surface area contributed by atoms with E-state index >= 15 is 0 Å². The van der Waals surface area contributed by atoms with Gasteiger partial charge in [0.25, 0.3) is 0 Å².